The summed E-state index contributed by atoms with van der Waals surface area (Å²) in [5.41, 5.74) is 2.22. The Kier molecular flexibility index (Phi) is 7.48. The van der Waals surface area contributed by atoms with Crippen molar-refractivity contribution in [3.05, 3.63) is 55.0 Å². The van der Waals surface area contributed by atoms with Crippen LogP contribution in [0.1, 0.15) is 12.8 Å². The molecule has 0 atom stereocenters. The van der Waals surface area contributed by atoms with E-state index in [4.69, 9.17) is 19.4 Å². The molecule has 1 amide bonds. The Balaban J connectivity index is 1.24. The first-order valence-electron chi connectivity index (χ1n) is 13.5. The van der Waals surface area contributed by atoms with Crippen molar-refractivity contribution >= 4 is 28.7 Å². The summed E-state index contributed by atoms with van der Waals surface area (Å²) in [6.45, 7) is 6.14. The van der Waals surface area contributed by atoms with Crippen LogP contribution in [0.25, 0.3) is 22.6 Å². The highest BCUT2D eigenvalue weighted by atomic mass is 16.5. The number of likely N-dealkylation sites (tertiary alicyclic amines) is 1. The van der Waals surface area contributed by atoms with Gasteiger partial charge in [-0.3, -0.25) is 4.79 Å². The van der Waals surface area contributed by atoms with Gasteiger partial charge in [0.2, 0.25) is 5.91 Å². The lowest BCUT2D eigenvalue weighted by Gasteiger charge is -2.27. The Bertz CT molecular complexity index is 1400. The van der Waals surface area contributed by atoms with Gasteiger partial charge in [0, 0.05) is 50.9 Å². The SMILES string of the molecule is O=C1CCCN1CCn1cnc2c(NCCOc3ccccc3)nc(-c3ccc(N4CCOCC4)nc3)nc21. The number of benzene rings is 1. The predicted molar refractivity (Wildman–Crippen MR) is 148 cm³/mol. The van der Waals surface area contributed by atoms with E-state index >= 15 is 0 Å². The Hall–Kier alpha value is -4.25. The van der Waals surface area contributed by atoms with E-state index in [9.17, 15) is 4.79 Å². The second-order valence-electron chi connectivity index (χ2n) is 9.58. The highest BCUT2D eigenvalue weighted by molar-refractivity contribution is 5.85. The first-order valence-corrected chi connectivity index (χ1v) is 13.5. The van der Waals surface area contributed by atoms with Gasteiger partial charge in [-0.2, -0.15) is 0 Å². The van der Waals surface area contributed by atoms with E-state index in [1.807, 2.05) is 58.1 Å². The average Bonchev–Trinajstić information content (AvgIpc) is 3.60. The molecule has 0 spiro atoms. The second kappa shape index (κ2) is 11.6. The second-order valence-corrected chi connectivity index (χ2v) is 9.58. The number of nitrogens with zero attached hydrogens (tertiary/aromatic N) is 7. The lowest BCUT2D eigenvalue weighted by molar-refractivity contribution is -0.127. The van der Waals surface area contributed by atoms with Crippen LogP contribution >= 0.6 is 0 Å². The van der Waals surface area contributed by atoms with Crippen LogP contribution in [0.2, 0.25) is 0 Å². The molecule has 39 heavy (non-hydrogen) atoms. The topological polar surface area (TPSA) is 111 Å². The summed E-state index contributed by atoms with van der Waals surface area (Å²) in [7, 11) is 0. The van der Waals surface area contributed by atoms with Gasteiger partial charge in [-0.25, -0.2) is 19.9 Å². The largest absolute Gasteiger partial charge is 0.492 e. The van der Waals surface area contributed by atoms with Gasteiger partial charge in [-0.15, -0.1) is 0 Å². The summed E-state index contributed by atoms with van der Waals surface area (Å²) in [6.07, 6.45) is 5.14. The molecule has 1 aromatic carbocycles. The molecule has 202 valence electrons. The normalized spacial score (nSPS) is 15.7. The minimum Gasteiger partial charge on any atom is -0.492 e. The standard InChI is InChI=1S/C28H32N8O3/c37-24-7-4-11-35(24)12-13-36-20-31-25-27(29-10-16-39-22-5-2-1-3-6-22)32-26(33-28(25)36)21-8-9-23(30-19-21)34-14-17-38-18-15-34/h1-3,5-6,8-9,19-20H,4,7,10-18H2,(H,29,32,33). The molecule has 4 aromatic rings. The van der Waals surface area contributed by atoms with Crippen LogP contribution in [0.5, 0.6) is 5.75 Å². The van der Waals surface area contributed by atoms with Crippen molar-refractivity contribution in [3.8, 4) is 17.1 Å². The minimum absolute atomic E-state index is 0.210. The first kappa shape index (κ1) is 25.1. The van der Waals surface area contributed by atoms with Crippen molar-refractivity contribution < 1.29 is 14.3 Å². The van der Waals surface area contributed by atoms with Crippen LogP contribution in [0.4, 0.5) is 11.6 Å². The third kappa shape index (κ3) is 5.78. The maximum atomic E-state index is 12.1. The minimum atomic E-state index is 0.210. The van der Waals surface area contributed by atoms with Crippen LogP contribution in [-0.4, -0.2) is 87.9 Å². The Morgan fingerprint density at radius 2 is 1.85 bits per heavy atom. The number of aromatic nitrogens is 5. The summed E-state index contributed by atoms with van der Waals surface area (Å²) in [5, 5.41) is 3.39. The lowest BCUT2D eigenvalue weighted by Crippen LogP contribution is -2.36. The third-order valence-electron chi connectivity index (χ3n) is 6.99. The zero-order valence-electron chi connectivity index (χ0n) is 21.8. The molecule has 5 heterocycles. The van der Waals surface area contributed by atoms with Gasteiger partial charge in [-0.05, 0) is 30.7 Å². The fourth-order valence-electron chi connectivity index (χ4n) is 4.88. The molecular formula is C28H32N8O3. The van der Waals surface area contributed by atoms with Crippen LogP contribution in [0, 0.1) is 0 Å². The predicted octanol–water partition coefficient (Wildman–Crippen LogP) is 2.84. The van der Waals surface area contributed by atoms with Gasteiger partial charge in [0.25, 0.3) is 0 Å². The van der Waals surface area contributed by atoms with E-state index < -0.39 is 0 Å². The molecule has 2 saturated heterocycles. The van der Waals surface area contributed by atoms with E-state index in [1.54, 1.807) is 6.33 Å². The van der Waals surface area contributed by atoms with E-state index in [-0.39, 0.29) is 5.91 Å². The van der Waals surface area contributed by atoms with Crippen molar-refractivity contribution in [3.63, 3.8) is 0 Å². The summed E-state index contributed by atoms with van der Waals surface area (Å²) in [6, 6.07) is 13.7. The molecule has 0 saturated carbocycles. The fourth-order valence-corrected chi connectivity index (χ4v) is 4.88. The number of anilines is 2. The molecule has 2 fully saturated rings. The van der Waals surface area contributed by atoms with Crippen LogP contribution in [-0.2, 0) is 16.1 Å². The monoisotopic (exact) mass is 528 g/mol. The number of nitrogens with one attached hydrogen (secondary N) is 1. The van der Waals surface area contributed by atoms with Gasteiger partial charge in [0.15, 0.2) is 17.3 Å². The first-order chi connectivity index (χ1) is 19.2. The van der Waals surface area contributed by atoms with Gasteiger partial charge < -0.3 is 29.2 Å². The molecule has 6 rings (SSSR count). The number of ether oxygens (including phenoxy) is 2. The van der Waals surface area contributed by atoms with E-state index in [0.29, 0.717) is 63.0 Å². The van der Waals surface area contributed by atoms with Crippen LogP contribution in [0.3, 0.4) is 0 Å². The number of pyridine rings is 1. The number of amides is 1. The van der Waals surface area contributed by atoms with Gasteiger partial charge in [0.05, 0.1) is 26.1 Å². The number of carbonyl (C=O) groups excluding carboxylic acids is 1. The van der Waals surface area contributed by atoms with Crippen molar-refractivity contribution in [2.45, 2.75) is 19.4 Å². The summed E-state index contributed by atoms with van der Waals surface area (Å²) < 4.78 is 13.3. The number of morpholine rings is 1. The maximum absolute atomic E-state index is 12.1. The van der Waals surface area contributed by atoms with Crippen molar-refractivity contribution in [2.75, 3.05) is 62.8 Å². The molecule has 0 unspecified atom stereocenters. The summed E-state index contributed by atoms with van der Waals surface area (Å²) >= 11 is 0. The molecule has 11 nitrogen and oxygen atoms in total. The number of para-hydroxylation sites is 1. The van der Waals surface area contributed by atoms with Crippen molar-refractivity contribution in [1.29, 1.82) is 0 Å². The lowest BCUT2D eigenvalue weighted by atomic mass is 10.2. The smallest absolute Gasteiger partial charge is 0.222 e. The third-order valence-corrected chi connectivity index (χ3v) is 6.99. The summed E-state index contributed by atoms with van der Waals surface area (Å²) in [5.74, 6) is 3.15. The molecule has 2 aliphatic heterocycles. The highest BCUT2D eigenvalue weighted by Gasteiger charge is 2.21. The molecule has 3 aromatic heterocycles. The molecular weight excluding hydrogens is 496 g/mol. The van der Waals surface area contributed by atoms with Crippen molar-refractivity contribution in [1.82, 2.24) is 29.4 Å². The molecule has 0 radical (unpaired) electrons. The van der Waals surface area contributed by atoms with Crippen molar-refractivity contribution in [2.24, 2.45) is 0 Å². The van der Waals surface area contributed by atoms with E-state index in [0.717, 1.165) is 48.8 Å². The number of rotatable bonds is 10. The molecule has 11 heteroatoms. The van der Waals surface area contributed by atoms with E-state index in [2.05, 4.69) is 20.2 Å². The Morgan fingerprint density at radius 3 is 2.62 bits per heavy atom. The summed E-state index contributed by atoms with van der Waals surface area (Å²) in [4.78, 5) is 35.3. The highest BCUT2D eigenvalue weighted by Crippen LogP contribution is 2.25. The Labute approximate surface area is 226 Å². The number of hydrogen-bond donors (Lipinski definition) is 1. The number of carbonyl (C=O) groups is 1. The van der Waals surface area contributed by atoms with Gasteiger partial charge in [-0.1, -0.05) is 18.2 Å². The zero-order chi connectivity index (χ0) is 26.4. The molecule has 0 aliphatic carbocycles. The maximum Gasteiger partial charge on any atom is 0.222 e. The average molecular weight is 529 g/mol. The van der Waals surface area contributed by atoms with Gasteiger partial charge in [0.1, 0.15) is 23.7 Å². The van der Waals surface area contributed by atoms with Crippen LogP contribution < -0.4 is 15.0 Å². The Morgan fingerprint density at radius 1 is 0.974 bits per heavy atom. The molecule has 2 aliphatic rings. The quantitative estimate of drug-likeness (QED) is 0.311. The van der Waals surface area contributed by atoms with Crippen LogP contribution in [0.15, 0.2) is 55.0 Å². The number of hydrogen-bond acceptors (Lipinski definition) is 9. The zero-order valence-corrected chi connectivity index (χ0v) is 21.8. The fraction of sp³-hybridized carbons (Fsp3) is 0.393. The number of fused-ring (bicyclic) bond motifs is 1. The molecule has 0 bridgehead atoms. The number of imidazole rings is 1. The molecule has 1 N–H and O–H groups in total. The van der Waals surface area contributed by atoms with E-state index in [1.165, 1.54) is 0 Å². The van der Waals surface area contributed by atoms with Gasteiger partial charge >= 0.3 is 0 Å².